The molecule has 10 nitrogen and oxygen atoms in total. The van der Waals surface area contributed by atoms with Crippen LogP contribution in [0, 0.1) is 6.92 Å². The minimum absolute atomic E-state index is 0.206. The molecule has 0 aliphatic heterocycles. The Morgan fingerprint density at radius 2 is 0.575 bits per heavy atom. The van der Waals surface area contributed by atoms with E-state index in [0.29, 0.717) is 45.9 Å². The first-order chi connectivity index (χ1) is 35.9. The molecule has 73 heavy (non-hydrogen) atoms. The van der Waals surface area contributed by atoms with Gasteiger partial charge in [-0.25, -0.2) is 0 Å². The van der Waals surface area contributed by atoms with Gasteiger partial charge in [-0.05, 0) is 82.3 Å². The largest absolute Gasteiger partial charge is 0.485 e. The Kier molecular flexibility index (Phi) is 16.4. The molecular formula is C63H54N2O8. The highest BCUT2D eigenvalue weighted by Crippen LogP contribution is 2.43. The Labute approximate surface area is 425 Å². The normalized spacial score (nSPS) is 10.7. The Morgan fingerprint density at radius 3 is 0.863 bits per heavy atom. The number of carbonyl (C=O) groups excluding carboxylic acids is 2. The maximum atomic E-state index is 14.6. The van der Waals surface area contributed by atoms with Crippen molar-refractivity contribution in [1.29, 1.82) is 0 Å². The van der Waals surface area contributed by atoms with Gasteiger partial charge in [0, 0.05) is 11.1 Å². The number of aryl methyl sites for hydroxylation is 1. The SMILES string of the molecule is Cc1ccc(NC(=O)c2cc(OCc3ccccc3)c(OCc3ccccc3)c(OCc3ccccc3)c2)c(NC(=O)c2cc(OCc3ccccc3)c(OCc3ccccc3)c(OCc3ccccc3)c2)c1. The highest BCUT2D eigenvalue weighted by atomic mass is 16.5. The van der Waals surface area contributed by atoms with Crippen LogP contribution in [0.25, 0.3) is 0 Å². The van der Waals surface area contributed by atoms with Crippen molar-refractivity contribution in [3.8, 4) is 34.5 Å². The lowest BCUT2D eigenvalue weighted by atomic mass is 10.1. The van der Waals surface area contributed by atoms with E-state index in [2.05, 4.69) is 10.6 Å². The molecular weight excluding hydrogens is 913 g/mol. The molecule has 0 bridgehead atoms. The van der Waals surface area contributed by atoms with Gasteiger partial charge in [0.05, 0.1) is 11.4 Å². The molecule has 10 heteroatoms. The van der Waals surface area contributed by atoms with Gasteiger partial charge in [0.25, 0.3) is 11.8 Å². The predicted octanol–water partition coefficient (Wildman–Crippen LogP) is 14.0. The third-order valence-electron chi connectivity index (χ3n) is 11.6. The molecule has 0 aromatic heterocycles. The second kappa shape index (κ2) is 24.5. The van der Waals surface area contributed by atoms with Crippen molar-refractivity contribution >= 4 is 23.2 Å². The average Bonchev–Trinajstić information content (AvgIpc) is 3.44. The molecule has 0 spiro atoms. The van der Waals surface area contributed by atoms with Gasteiger partial charge in [-0.3, -0.25) is 9.59 Å². The van der Waals surface area contributed by atoms with Crippen LogP contribution >= 0.6 is 0 Å². The van der Waals surface area contributed by atoms with Crippen LogP contribution in [0.4, 0.5) is 11.4 Å². The van der Waals surface area contributed by atoms with Gasteiger partial charge in [-0.1, -0.05) is 188 Å². The summed E-state index contributed by atoms with van der Waals surface area (Å²) in [6.45, 7) is 3.19. The van der Waals surface area contributed by atoms with Gasteiger partial charge in [0.1, 0.15) is 39.6 Å². The summed E-state index contributed by atoms with van der Waals surface area (Å²) in [5.41, 5.74) is 7.65. The predicted molar refractivity (Wildman–Crippen MR) is 285 cm³/mol. The Hall–Kier alpha value is -9.28. The standard InChI is InChI=1S/C63H54N2O8/c1-45-32-33-54(64-62(66)52-35-56(68-39-46-20-8-2-9-21-46)60(72-43-50-28-16-6-17-29-50)57(36-52)69-40-47-22-10-3-11-23-47)55(34-45)65-63(67)53-37-58(70-41-48-24-12-4-13-25-48)61(73-44-51-30-18-7-19-31-51)59(38-53)71-42-49-26-14-5-15-27-49/h2-38H,39-44H2,1H3,(H,64,66)(H,65,67). The third kappa shape index (κ3) is 13.7. The molecule has 9 aromatic rings. The molecule has 0 fully saturated rings. The van der Waals surface area contributed by atoms with E-state index >= 15 is 0 Å². The molecule has 0 radical (unpaired) electrons. The Bertz CT molecular complexity index is 3080. The summed E-state index contributed by atoms with van der Waals surface area (Å²) in [5.74, 6) is 1.03. The molecule has 0 saturated carbocycles. The fraction of sp³-hybridized carbons (Fsp3) is 0.111. The summed E-state index contributed by atoms with van der Waals surface area (Å²) in [5, 5.41) is 6.13. The lowest BCUT2D eigenvalue weighted by molar-refractivity contribution is 0.101. The number of amides is 2. The van der Waals surface area contributed by atoms with Crippen LogP contribution in [0.3, 0.4) is 0 Å². The minimum atomic E-state index is -0.476. The van der Waals surface area contributed by atoms with Crippen molar-refractivity contribution in [3.05, 3.63) is 275 Å². The van der Waals surface area contributed by atoms with Crippen molar-refractivity contribution in [2.75, 3.05) is 10.6 Å². The fourth-order valence-electron chi connectivity index (χ4n) is 7.79. The van der Waals surface area contributed by atoms with Crippen LogP contribution in [-0.2, 0) is 39.6 Å². The summed E-state index contributed by atoms with van der Waals surface area (Å²) in [7, 11) is 0. The molecule has 9 rings (SSSR count). The highest BCUT2D eigenvalue weighted by molar-refractivity contribution is 6.10. The van der Waals surface area contributed by atoms with E-state index in [0.717, 1.165) is 38.9 Å². The van der Waals surface area contributed by atoms with Gasteiger partial charge >= 0.3 is 0 Å². The molecule has 0 unspecified atom stereocenters. The third-order valence-corrected chi connectivity index (χ3v) is 11.6. The molecule has 0 aliphatic rings. The molecule has 2 amide bonds. The molecule has 0 atom stereocenters. The number of anilines is 2. The maximum Gasteiger partial charge on any atom is 0.255 e. The van der Waals surface area contributed by atoms with E-state index in [1.807, 2.05) is 195 Å². The first kappa shape index (κ1) is 48.7. The topological polar surface area (TPSA) is 114 Å². The van der Waals surface area contributed by atoms with Crippen LogP contribution in [0.15, 0.2) is 224 Å². The first-order valence-corrected chi connectivity index (χ1v) is 24.0. The number of rotatable bonds is 22. The number of benzene rings is 9. The number of carbonyl (C=O) groups is 2. The smallest absolute Gasteiger partial charge is 0.255 e. The van der Waals surface area contributed by atoms with Crippen LogP contribution in [-0.4, -0.2) is 11.8 Å². The highest BCUT2D eigenvalue weighted by Gasteiger charge is 2.23. The van der Waals surface area contributed by atoms with Gasteiger partial charge in [-0.15, -0.1) is 0 Å². The van der Waals surface area contributed by atoms with Crippen molar-refractivity contribution < 1.29 is 38.0 Å². The number of ether oxygens (including phenoxy) is 6. The molecule has 0 saturated heterocycles. The van der Waals surface area contributed by atoms with Crippen LogP contribution < -0.4 is 39.1 Å². The zero-order valence-corrected chi connectivity index (χ0v) is 40.4. The number of hydrogen-bond acceptors (Lipinski definition) is 8. The molecule has 9 aromatic carbocycles. The summed E-state index contributed by atoms with van der Waals surface area (Å²) in [4.78, 5) is 29.2. The Morgan fingerprint density at radius 1 is 0.315 bits per heavy atom. The lowest BCUT2D eigenvalue weighted by Crippen LogP contribution is -2.18. The van der Waals surface area contributed by atoms with Crippen molar-refractivity contribution in [3.63, 3.8) is 0 Å². The van der Waals surface area contributed by atoms with E-state index in [1.54, 1.807) is 36.4 Å². The van der Waals surface area contributed by atoms with E-state index in [-0.39, 0.29) is 50.8 Å². The molecule has 2 N–H and O–H groups in total. The second-order valence-corrected chi connectivity index (χ2v) is 17.2. The van der Waals surface area contributed by atoms with E-state index in [9.17, 15) is 9.59 Å². The fourth-order valence-corrected chi connectivity index (χ4v) is 7.79. The van der Waals surface area contributed by atoms with Gasteiger partial charge in [-0.2, -0.15) is 0 Å². The van der Waals surface area contributed by atoms with Crippen molar-refractivity contribution in [1.82, 2.24) is 0 Å². The van der Waals surface area contributed by atoms with E-state index in [4.69, 9.17) is 28.4 Å². The van der Waals surface area contributed by atoms with Gasteiger partial charge in [0.15, 0.2) is 23.0 Å². The number of hydrogen-bond donors (Lipinski definition) is 2. The molecule has 0 aliphatic carbocycles. The van der Waals surface area contributed by atoms with Gasteiger partial charge in [0.2, 0.25) is 11.5 Å². The van der Waals surface area contributed by atoms with Crippen LogP contribution in [0.1, 0.15) is 59.7 Å². The average molecular weight is 967 g/mol. The summed E-state index contributed by atoms with van der Waals surface area (Å²) in [6, 6.07) is 70.6. The van der Waals surface area contributed by atoms with E-state index < -0.39 is 11.8 Å². The monoisotopic (exact) mass is 966 g/mol. The summed E-state index contributed by atoms with van der Waals surface area (Å²) >= 11 is 0. The minimum Gasteiger partial charge on any atom is -0.485 e. The Balaban J connectivity index is 1.03. The lowest BCUT2D eigenvalue weighted by Gasteiger charge is -2.20. The zero-order valence-electron chi connectivity index (χ0n) is 40.4. The quantitative estimate of drug-likeness (QED) is 0.0690. The van der Waals surface area contributed by atoms with Gasteiger partial charge < -0.3 is 39.1 Å². The summed E-state index contributed by atoms with van der Waals surface area (Å²) in [6.07, 6.45) is 0. The molecule has 364 valence electrons. The zero-order chi connectivity index (χ0) is 50.0. The summed E-state index contributed by atoms with van der Waals surface area (Å²) < 4.78 is 38.8. The van der Waals surface area contributed by atoms with Crippen molar-refractivity contribution in [2.24, 2.45) is 0 Å². The van der Waals surface area contributed by atoms with Crippen LogP contribution in [0.5, 0.6) is 34.5 Å². The second-order valence-electron chi connectivity index (χ2n) is 17.2. The maximum absolute atomic E-state index is 14.6. The van der Waals surface area contributed by atoms with Crippen molar-refractivity contribution in [2.45, 2.75) is 46.6 Å². The molecule has 0 heterocycles. The first-order valence-electron chi connectivity index (χ1n) is 24.0. The number of nitrogens with one attached hydrogen (secondary N) is 2. The van der Waals surface area contributed by atoms with E-state index in [1.165, 1.54) is 0 Å². The van der Waals surface area contributed by atoms with Crippen LogP contribution in [0.2, 0.25) is 0 Å².